The molecule has 0 heterocycles. The number of likely N-dealkylation sites (N-methyl/N-ethyl adjacent to an activating group) is 1. The molecule has 0 bridgehead atoms. The molecule has 0 aliphatic heterocycles. The van der Waals surface area contributed by atoms with E-state index >= 15 is 0 Å². The Morgan fingerprint density at radius 3 is 2.76 bits per heavy atom. The molecule has 0 aromatic heterocycles. The van der Waals surface area contributed by atoms with E-state index in [4.69, 9.17) is 5.26 Å². The highest BCUT2D eigenvalue weighted by Gasteiger charge is 2.07. The first-order chi connectivity index (χ1) is 9.96. The molecule has 0 saturated carbocycles. The standard InChI is InChI=1S/C14H19N5OS/c1-10-5-6-11(17-14(21-4)16-9-15)7-12(10)18-13(20)8-19(2)3/h5-7H,8H2,1-4H3,(H,16,17)(H,18,20). The van der Waals surface area contributed by atoms with E-state index in [1.54, 1.807) is 11.0 Å². The fourth-order valence-electron chi connectivity index (χ4n) is 1.58. The van der Waals surface area contributed by atoms with E-state index in [-0.39, 0.29) is 5.91 Å². The van der Waals surface area contributed by atoms with E-state index in [9.17, 15) is 4.79 Å². The summed E-state index contributed by atoms with van der Waals surface area (Å²) in [7, 11) is 3.68. The highest BCUT2D eigenvalue weighted by atomic mass is 32.2. The maximum absolute atomic E-state index is 11.8. The van der Waals surface area contributed by atoms with Crippen molar-refractivity contribution in [1.29, 1.82) is 5.26 Å². The summed E-state index contributed by atoms with van der Waals surface area (Å²) >= 11 is 1.34. The van der Waals surface area contributed by atoms with Crippen molar-refractivity contribution in [3.63, 3.8) is 0 Å². The van der Waals surface area contributed by atoms with Gasteiger partial charge < -0.3 is 10.2 Å². The number of anilines is 1. The molecule has 7 heteroatoms. The van der Waals surface area contributed by atoms with E-state index in [1.807, 2.05) is 45.6 Å². The molecule has 2 N–H and O–H groups in total. The Morgan fingerprint density at radius 1 is 1.48 bits per heavy atom. The van der Waals surface area contributed by atoms with Crippen molar-refractivity contribution in [3.8, 4) is 6.19 Å². The summed E-state index contributed by atoms with van der Waals surface area (Å²) in [6, 6.07) is 5.51. The molecule has 0 aliphatic rings. The molecule has 1 aromatic carbocycles. The number of carbonyl (C=O) groups is 1. The number of aliphatic imine (C=N–C) groups is 1. The van der Waals surface area contributed by atoms with Crippen LogP contribution in [0.4, 0.5) is 11.4 Å². The lowest BCUT2D eigenvalue weighted by atomic mass is 10.2. The molecule has 1 aromatic rings. The van der Waals surface area contributed by atoms with E-state index in [0.29, 0.717) is 17.4 Å². The Bertz CT molecular complexity index is 577. The molecule has 0 atom stereocenters. The second kappa shape index (κ2) is 8.29. The molecule has 0 unspecified atom stereocenters. The Kier molecular flexibility index (Phi) is 6.72. The van der Waals surface area contributed by atoms with Crippen LogP contribution < -0.4 is 10.6 Å². The van der Waals surface area contributed by atoms with Gasteiger partial charge in [-0.1, -0.05) is 17.8 Å². The number of nitriles is 1. The van der Waals surface area contributed by atoms with Gasteiger partial charge in [-0.25, -0.2) is 4.99 Å². The highest BCUT2D eigenvalue weighted by Crippen LogP contribution is 2.23. The molecule has 0 aliphatic carbocycles. The lowest BCUT2D eigenvalue weighted by Gasteiger charge is -2.12. The Hall–Kier alpha value is -2.04. The number of carbonyl (C=O) groups excluding carboxylic acids is 1. The zero-order valence-corrected chi connectivity index (χ0v) is 13.4. The lowest BCUT2D eigenvalue weighted by Crippen LogP contribution is -2.27. The van der Waals surface area contributed by atoms with Gasteiger partial charge in [0.1, 0.15) is 0 Å². The van der Waals surface area contributed by atoms with Crippen molar-refractivity contribution in [2.45, 2.75) is 6.92 Å². The number of hydrogen-bond acceptors (Lipinski definition) is 5. The first kappa shape index (κ1) is 17.0. The van der Waals surface area contributed by atoms with Crippen LogP contribution in [-0.4, -0.2) is 42.9 Å². The average Bonchev–Trinajstić information content (AvgIpc) is 2.41. The first-order valence-electron chi connectivity index (χ1n) is 6.29. The molecular weight excluding hydrogens is 286 g/mol. The van der Waals surface area contributed by atoms with Crippen LogP contribution >= 0.6 is 11.8 Å². The van der Waals surface area contributed by atoms with Crippen LogP contribution in [-0.2, 0) is 4.79 Å². The Labute approximate surface area is 129 Å². The van der Waals surface area contributed by atoms with Gasteiger partial charge in [0.15, 0.2) is 11.4 Å². The second-order valence-corrected chi connectivity index (χ2v) is 5.44. The third-order valence-corrected chi connectivity index (χ3v) is 3.12. The van der Waals surface area contributed by atoms with Gasteiger partial charge in [0.25, 0.3) is 0 Å². The van der Waals surface area contributed by atoms with Crippen molar-refractivity contribution in [2.75, 3.05) is 32.2 Å². The van der Waals surface area contributed by atoms with Gasteiger partial charge in [0.2, 0.25) is 5.91 Å². The van der Waals surface area contributed by atoms with Gasteiger partial charge in [0, 0.05) is 5.69 Å². The van der Waals surface area contributed by atoms with Crippen LogP contribution in [0.2, 0.25) is 0 Å². The van der Waals surface area contributed by atoms with Gasteiger partial charge in [-0.05, 0) is 45.0 Å². The molecule has 21 heavy (non-hydrogen) atoms. The third kappa shape index (κ3) is 5.85. The number of thioether (sulfide) groups is 1. The summed E-state index contributed by atoms with van der Waals surface area (Å²) in [5, 5.41) is 14.5. The third-order valence-electron chi connectivity index (χ3n) is 2.54. The molecule has 112 valence electrons. The maximum Gasteiger partial charge on any atom is 0.238 e. The number of nitrogens with one attached hydrogen (secondary N) is 2. The van der Waals surface area contributed by atoms with Crippen LogP contribution in [0.25, 0.3) is 0 Å². The van der Waals surface area contributed by atoms with Crippen LogP contribution in [0.3, 0.4) is 0 Å². The Balaban J connectivity index is 2.94. The number of hydrogen-bond donors (Lipinski definition) is 2. The van der Waals surface area contributed by atoms with E-state index in [1.165, 1.54) is 11.8 Å². The summed E-state index contributed by atoms with van der Waals surface area (Å²) in [5.74, 6) is -0.0792. The van der Waals surface area contributed by atoms with E-state index < -0.39 is 0 Å². The van der Waals surface area contributed by atoms with Gasteiger partial charge in [-0.2, -0.15) is 5.26 Å². The minimum Gasteiger partial charge on any atom is -0.325 e. The SMILES string of the molecule is CSC(=Nc1ccc(C)c(NC(=O)CN(C)C)c1)NC#N. The zero-order chi connectivity index (χ0) is 15.8. The normalized spacial score (nSPS) is 11.1. The van der Waals surface area contributed by atoms with E-state index in [2.05, 4.69) is 15.6 Å². The average molecular weight is 305 g/mol. The van der Waals surface area contributed by atoms with Crippen molar-refractivity contribution in [2.24, 2.45) is 4.99 Å². The van der Waals surface area contributed by atoms with Crippen LogP contribution in [0.15, 0.2) is 23.2 Å². The van der Waals surface area contributed by atoms with Gasteiger partial charge in [0.05, 0.1) is 12.2 Å². The predicted molar refractivity (Wildman–Crippen MR) is 87.7 cm³/mol. The highest BCUT2D eigenvalue weighted by molar-refractivity contribution is 8.13. The predicted octanol–water partition coefficient (Wildman–Crippen LogP) is 1.92. The number of amides is 1. The maximum atomic E-state index is 11.8. The van der Waals surface area contributed by atoms with E-state index in [0.717, 1.165) is 11.3 Å². The second-order valence-electron chi connectivity index (χ2n) is 4.64. The topological polar surface area (TPSA) is 80.5 Å². The molecule has 0 saturated heterocycles. The summed E-state index contributed by atoms with van der Waals surface area (Å²) in [4.78, 5) is 17.9. The number of aryl methyl sites for hydroxylation is 1. The number of nitrogens with zero attached hydrogens (tertiary/aromatic N) is 3. The van der Waals surface area contributed by atoms with Crippen LogP contribution in [0.5, 0.6) is 0 Å². The lowest BCUT2D eigenvalue weighted by molar-refractivity contribution is -0.116. The molecule has 1 amide bonds. The Morgan fingerprint density at radius 2 is 2.19 bits per heavy atom. The van der Waals surface area contributed by atoms with Crippen molar-refractivity contribution in [3.05, 3.63) is 23.8 Å². The molecule has 6 nitrogen and oxygen atoms in total. The minimum absolute atomic E-state index is 0.0792. The summed E-state index contributed by atoms with van der Waals surface area (Å²) < 4.78 is 0. The minimum atomic E-state index is -0.0792. The van der Waals surface area contributed by atoms with Crippen molar-refractivity contribution < 1.29 is 4.79 Å². The fourth-order valence-corrected chi connectivity index (χ4v) is 1.93. The molecule has 1 rings (SSSR count). The summed E-state index contributed by atoms with van der Waals surface area (Å²) in [5.41, 5.74) is 2.35. The molecule has 0 radical (unpaired) electrons. The molecule has 0 fully saturated rings. The zero-order valence-electron chi connectivity index (χ0n) is 12.6. The smallest absolute Gasteiger partial charge is 0.238 e. The summed E-state index contributed by atoms with van der Waals surface area (Å²) in [6.45, 7) is 2.24. The van der Waals surface area contributed by atoms with Crippen molar-refractivity contribution >= 4 is 34.2 Å². The summed E-state index contributed by atoms with van der Waals surface area (Å²) in [6.07, 6.45) is 3.67. The van der Waals surface area contributed by atoms with Crippen LogP contribution in [0, 0.1) is 18.4 Å². The molecular formula is C14H19N5OS. The van der Waals surface area contributed by atoms with Gasteiger partial charge in [-0.3, -0.25) is 10.1 Å². The number of amidine groups is 1. The van der Waals surface area contributed by atoms with Crippen molar-refractivity contribution in [1.82, 2.24) is 10.2 Å². The quantitative estimate of drug-likeness (QED) is 0.384. The van der Waals surface area contributed by atoms with Gasteiger partial charge in [-0.15, -0.1) is 0 Å². The first-order valence-corrected chi connectivity index (χ1v) is 7.51. The van der Waals surface area contributed by atoms with Crippen LogP contribution in [0.1, 0.15) is 5.56 Å². The monoisotopic (exact) mass is 305 g/mol. The largest absolute Gasteiger partial charge is 0.325 e. The molecule has 0 spiro atoms. The van der Waals surface area contributed by atoms with Gasteiger partial charge >= 0.3 is 0 Å². The number of rotatable bonds is 4. The number of benzene rings is 1. The fraction of sp³-hybridized carbons (Fsp3) is 0.357.